The first-order valence-electron chi connectivity index (χ1n) is 9.75. The molecule has 4 aromatic rings. The summed E-state index contributed by atoms with van der Waals surface area (Å²) in [5.74, 6) is 1.20. The summed E-state index contributed by atoms with van der Waals surface area (Å²) in [6.07, 6.45) is 0. The van der Waals surface area contributed by atoms with E-state index in [9.17, 15) is 4.79 Å². The number of hydrogen-bond acceptors (Lipinski definition) is 7. The SMILES string of the molecule is COc1cc2[nH]c(=S)n(CCNC(=O)c3cc(-c4ccccc4)on3)c(=N)c2cc1OC. The molecule has 2 heterocycles. The highest BCUT2D eigenvalue weighted by Crippen LogP contribution is 2.29. The Labute approximate surface area is 188 Å². The number of benzene rings is 2. The van der Waals surface area contributed by atoms with Crippen LogP contribution in [0.5, 0.6) is 11.5 Å². The van der Waals surface area contributed by atoms with Crippen molar-refractivity contribution in [3.63, 3.8) is 0 Å². The minimum Gasteiger partial charge on any atom is -0.493 e. The Kier molecular flexibility index (Phi) is 6.04. The molecule has 2 aromatic carbocycles. The molecule has 0 saturated heterocycles. The van der Waals surface area contributed by atoms with Crippen LogP contribution in [0.1, 0.15) is 10.5 Å². The number of hydrogen-bond donors (Lipinski definition) is 3. The van der Waals surface area contributed by atoms with E-state index in [4.69, 9.17) is 31.6 Å². The van der Waals surface area contributed by atoms with Crippen LogP contribution in [-0.4, -0.2) is 41.4 Å². The van der Waals surface area contributed by atoms with Crippen molar-refractivity contribution in [2.75, 3.05) is 20.8 Å². The maximum absolute atomic E-state index is 12.5. The molecule has 3 N–H and O–H groups in total. The van der Waals surface area contributed by atoms with Gasteiger partial charge in [-0.2, -0.15) is 0 Å². The number of nitrogens with zero attached hydrogens (tertiary/aromatic N) is 2. The summed E-state index contributed by atoms with van der Waals surface area (Å²) >= 11 is 5.41. The third kappa shape index (κ3) is 4.12. The fourth-order valence-corrected chi connectivity index (χ4v) is 3.61. The van der Waals surface area contributed by atoms with Gasteiger partial charge in [-0.1, -0.05) is 35.5 Å². The van der Waals surface area contributed by atoms with E-state index in [1.54, 1.807) is 29.9 Å². The normalized spacial score (nSPS) is 10.8. The number of H-pyrrole nitrogens is 1. The number of methoxy groups -OCH3 is 2. The lowest BCUT2D eigenvalue weighted by Crippen LogP contribution is -2.32. The number of fused-ring (bicyclic) bond motifs is 1. The standard InChI is InChI=1S/C22H21N5O4S/c1-29-18-10-14-15(11-19(18)30-2)25-22(32)27(20(14)23)9-8-24-21(28)16-12-17(31-26-16)13-6-4-3-5-7-13/h3-7,10-12,23H,8-9H2,1-2H3,(H,24,28)(H,25,32). The van der Waals surface area contributed by atoms with Crippen molar-refractivity contribution in [3.05, 3.63) is 64.5 Å². The minimum atomic E-state index is -0.370. The molecule has 0 aliphatic carbocycles. The smallest absolute Gasteiger partial charge is 0.273 e. The average Bonchev–Trinajstić information content (AvgIpc) is 3.31. The quantitative estimate of drug-likeness (QED) is 0.371. The molecule has 0 aliphatic heterocycles. The first-order valence-corrected chi connectivity index (χ1v) is 10.2. The second kappa shape index (κ2) is 9.06. The number of rotatable bonds is 7. The van der Waals surface area contributed by atoms with Gasteiger partial charge in [-0.05, 0) is 18.3 Å². The Morgan fingerprint density at radius 3 is 2.62 bits per heavy atom. The lowest BCUT2D eigenvalue weighted by molar-refractivity contribution is 0.0943. The van der Waals surface area contributed by atoms with E-state index in [0.717, 1.165) is 5.56 Å². The van der Waals surface area contributed by atoms with E-state index >= 15 is 0 Å². The van der Waals surface area contributed by atoms with Gasteiger partial charge >= 0.3 is 0 Å². The summed E-state index contributed by atoms with van der Waals surface area (Å²) in [6, 6.07) is 14.5. The number of carbonyl (C=O) groups excluding carboxylic acids is 1. The molecule has 0 spiro atoms. The third-order valence-corrected chi connectivity index (χ3v) is 5.28. The molecule has 0 unspecified atom stereocenters. The van der Waals surface area contributed by atoms with Crippen LogP contribution in [0.2, 0.25) is 0 Å². The summed E-state index contributed by atoms with van der Waals surface area (Å²) < 4.78 is 17.9. The lowest BCUT2D eigenvalue weighted by atomic mass is 10.1. The number of aromatic nitrogens is 3. The van der Waals surface area contributed by atoms with Crippen LogP contribution in [0.4, 0.5) is 0 Å². The number of nitrogens with one attached hydrogen (secondary N) is 3. The molecule has 9 nitrogen and oxygen atoms in total. The van der Waals surface area contributed by atoms with Crippen LogP contribution in [0.3, 0.4) is 0 Å². The zero-order valence-corrected chi connectivity index (χ0v) is 18.3. The number of ether oxygens (including phenoxy) is 2. The van der Waals surface area contributed by atoms with Gasteiger partial charge in [0, 0.05) is 36.2 Å². The van der Waals surface area contributed by atoms with Crippen molar-refractivity contribution in [1.82, 2.24) is 20.0 Å². The second-order valence-corrected chi connectivity index (χ2v) is 7.27. The molecule has 0 fully saturated rings. The van der Waals surface area contributed by atoms with Crippen molar-refractivity contribution < 1.29 is 18.8 Å². The summed E-state index contributed by atoms with van der Waals surface area (Å²) in [5.41, 5.74) is 1.88. The molecule has 2 aromatic heterocycles. The Hall–Kier alpha value is -3.92. The molecule has 32 heavy (non-hydrogen) atoms. The molecule has 10 heteroatoms. The molecule has 0 bridgehead atoms. The van der Waals surface area contributed by atoms with Gasteiger partial charge in [-0.3, -0.25) is 10.2 Å². The lowest BCUT2D eigenvalue weighted by Gasteiger charge is -2.13. The van der Waals surface area contributed by atoms with E-state index < -0.39 is 0 Å². The molecule has 0 radical (unpaired) electrons. The Bertz CT molecular complexity index is 1390. The largest absolute Gasteiger partial charge is 0.493 e. The first-order chi connectivity index (χ1) is 15.5. The van der Waals surface area contributed by atoms with Crippen molar-refractivity contribution in [2.45, 2.75) is 6.54 Å². The molecular formula is C22H21N5O4S. The number of aromatic amines is 1. The van der Waals surface area contributed by atoms with Gasteiger partial charge in [-0.25, -0.2) is 0 Å². The molecule has 4 rings (SSSR count). The fourth-order valence-electron chi connectivity index (χ4n) is 3.31. The van der Waals surface area contributed by atoms with Crippen LogP contribution in [0, 0.1) is 10.2 Å². The van der Waals surface area contributed by atoms with Gasteiger partial charge in [0.25, 0.3) is 5.91 Å². The average molecular weight is 452 g/mol. The fraction of sp³-hybridized carbons (Fsp3) is 0.182. The Morgan fingerprint density at radius 1 is 1.19 bits per heavy atom. The molecule has 0 atom stereocenters. The van der Waals surface area contributed by atoms with Gasteiger partial charge in [0.2, 0.25) is 0 Å². The summed E-state index contributed by atoms with van der Waals surface area (Å²) in [7, 11) is 3.08. The van der Waals surface area contributed by atoms with Gasteiger partial charge in [0.1, 0.15) is 5.49 Å². The van der Waals surface area contributed by atoms with Crippen molar-refractivity contribution >= 4 is 29.0 Å². The zero-order valence-electron chi connectivity index (χ0n) is 17.5. The van der Waals surface area contributed by atoms with Gasteiger partial charge < -0.3 is 28.9 Å². The van der Waals surface area contributed by atoms with E-state index in [0.29, 0.717) is 39.5 Å². The molecule has 0 aliphatic rings. The van der Waals surface area contributed by atoms with Crippen LogP contribution in [-0.2, 0) is 6.54 Å². The van der Waals surface area contributed by atoms with Crippen LogP contribution >= 0.6 is 12.2 Å². The van der Waals surface area contributed by atoms with Crippen LogP contribution < -0.4 is 20.3 Å². The van der Waals surface area contributed by atoms with Gasteiger partial charge in [0.15, 0.2) is 27.7 Å². The maximum atomic E-state index is 12.5. The van der Waals surface area contributed by atoms with Gasteiger partial charge in [0.05, 0.1) is 19.7 Å². The topological polar surface area (TPSA) is 118 Å². The highest BCUT2D eigenvalue weighted by atomic mass is 32.1. The predicted molar refractivity (Wildman–Crippen MR) is 120 cm³/mol. The minimum absolute atomic E-state index is 0.181. The second-order valence-electron chi connectivity index (χ2n) is 6.88. The summed E-state index contributed by atoms with van der Waals surface area (Å²) in [4.78, 5) is 15.6. The molecular weight excluding hydrogens is 430 g/mol. The Balaban J connectivity index is 1.50. The molecule has 1 amide bonds. The highest BCUT2D eigenvalue weighted by Gasteiger charge is 2.14. The van der Waals surface area contributed by atoms with Crippen molar-refractivity contribution in [1.29, 1.82) is 5.41 Å². The van der Waals surface area contributed by atoms with Crippen molar-refractivity contribution in [2.24, 2.45) is 0 Å². The maximum Gasteiger partial charge on any atom is 0.273 e. The van der Waals surface area contributed by atoms with Crippen molar-refractivity contribution in [3.8, 4) is 22.8 Å². The highest BCUT2D eigenvalue weighted by molar-refractivity contribution is 7.71. The Morgan fingerprint density at radius 2 is 1.91 bits per heavy atom. The zero-order chi connectivity index (χ0) is 22.7. The number of carbonyl (C=O) groups is 1. The summed E-state index contributed by atoms with van der Waals surface area (Å²) in [5, 5.41) is 15.8. The number of amides is 1. The van der Waals surface area contributed by atoms with E-state index in [1.165, 1.54) is 7.11 Å². The monoisotopic (exact) mass is 451 g/mol. The predicted octanol–water partition coefficient (Wildman–Crippen LogP) is 3.28. The van der Waals surface area contributed by atoms with Crippen LogP contribution in [0.15, 0.2) is 53.1 Å². The van der Waals surface area contributed by atoms with Crippen LogP contribution in [0.25, 0.3) is 22.2 Å². The van der Waals surface area contributed by atoms with Gasteiger partial charge in [-0.15, -0.1) is 0 Å². The van der Waals surface area contributed by atoms with E-state index in [2.05, 4.69) is 15.5 Å². The third-order valence-electron chi connectivity index (χ3n) is 4.96. The molecule has 164 valence electrons. The molecule has 0 saturated carbocycles. The first kappa shape index (κ1) is 21.3. The summed E-state index contributed by atoms with van der Waals surface area (Å²) in [6.45, 7) is 0.548. The van der Waals surface area contributed by atoms with E-state index in [1.807, 2.05) is 30.3 Å². The van der Waals surface area contributed by atoms with E-state index in [-0.39, 0.29) is 23.6 Å².